The molecule has 1 aromatic rings. The van der Waals surface area contributed by atoms with Crippen molar-refractivity contribution in [3.8, 4) is 0 Å². The van der Waals surface area contributed by atoms with Gasteiger partial charge < -0.3 is 20.5 Å². The lowest BCUT2D eigenvalue weighted by Gasteiger charge is -2.29. The maximum atomic E-state index is 12.7. The van der Waals surface area contributed by atoms with Crippen molar-refractivity contribution in [1.29, 1.82) is 0 Å². The van der Waals surface area contributed by atoms with Crippen LogP contribution in [0.15, 0.2) is 46.9 Å². The quantitative estimate of drug-likeness (QED) is 0.412. The molecule has 1 atom stereocenters. The van der Waals surface area contributed by atoms with Gasteiger partial charge in [-0.1, -0.05) is 19.1 Å². The lowest BCUT2D eigenvalue weighted by Crippen LogP contribution is -2.36. The smallest absolute Gasteiger partial charge is 0.338 e. The van der Waals surface area contributed by atoms with E-state index < -0.39 is 22.8 Å². The Balaban J connectivity index is 2.65. The number of nitro groups is 1. The summed E-state index contributed by atoms with van der Waals surface area (Å²) in [4.78, 5) is 36.0. The van der Waals surface area contributed by atoms with Crippen LogP contribution in [0.5, 0.6) is 0 Å². The average molecular weight is 389 g/mol. The van der Waals surface area contributed by atoms with Gasteiger partial charge in [0.25, 0.3) is 5.69 Å². The predicted octanol–water partition coefficient (Wildman–Crippen LogP) is 2.24. The first-order valence-corrected chi connectivity index (χ1v) is 8.87. The van der Waals surface area contributed by atoms with Crippen LogP contribution in [0.4, 0.5) is 5.69 Å². The number of non-ortho nitro benzene ring substituents is 1. The Kier molecular flexibility index (Phi) is 6.75. The fraction of sp³-hybridized carbons (Fsp3) is 0.368. The highest BCUT2D eigenvalue weighted by Gasteiger charge is 2.39. The largest absolute Gasteiger partial charge is 0.463 e. The van der Waals surface area contributed by atoms with E-state index in [4.69, 9.17) is 15.2 Å². The van der Waals surface area contributed by atoms with E-state index in [-0.39, 0.29) is 35.9 Å². The van der Waals surface area contributed by atoms with E-state index in [0.717, 1.165) is 0 Å². The van der Waals surface area contributed by atoms with Crippen molar-refractivity contribution >= 4 is 17.6 Å². The molecule has 0 amide bonds. The summed E-state index contributed by atoms with van der Waals surface area (Å²) in [6, 6.07) is 5.71. The van der Waals surface area contributed by atoms with Gasteiger partial charge in [0.2, 0.25) is 0 Å². The monoisotopic (exact) mass is 389 g/mol. The molecule has 0 bridgehead atoms. The number of hydrogen-bond acceptors (Lipinski definition) is 8. The highest BCUT2D eigenvalue weighted by molar-refractivity contribution is 5.99. The van der Waals surface area contributed by atoms with E-state index in [1.165, 1.54) is 18.2 Å². The number of benzene rings is 1. The Labute approximate surface area is 162 Å². The molecule has 1 aliphatic heterocycles. The van der Waals surface area contributed by atoms with Gasteiger partial charge in [-0.25, -0.2) is 9.59 Å². The number of allylic oxidation sites excluding steroid dienone is 1. The summed E-state index contributed by atoms with van der Waals surface area (Å²) in [5, 5.41) is 14.0. The molecule has 1 aromatic carbocycles. The fourth-order valence-corrected chi connectivity index (χ4v) is 2.98. The Hall–Kier alpha value is -3.36. The second-order valence-electron chi connectivity index (χ2n) is 6.13. The normalized spacial score (nSPS) is 16.5. The van der Waals surface area contributed by atoms with Gasteiger partial charge in [-0.2, -0.15) is 0 Å². The van der Waals surface area contributed by atoms with Crippen LogP contribution in [0.2, 0.25) is 0 Å². The van der Waals surface area contributed by atoms with Gasteiger partial charge in [-0.05, 0) is 25.8 Å². The molecular weight excluding hydrogens is 366 g/mol. The molecule has 0 saturated heterocycles. The first-order valence-electron chi connectivity index (χ1n) is 8.87. The van der Waals surface area contributed by atoms with E-state index in [9.17, 15) is 19.7 Å². The molecule has 1 heterocycles. The second-order valence-corrected chi connectivity index (χ2v) is 6.13. The van der Waals surface area contributed by atoms with Crippen molar-refractivity contribution in [3.63, 3.8) is 0 Å². The minimum absolute atomic E-state index is 0.0163. The van der Waals surface area contributed by atoms with Crippen molar-refractivity contribution in [3.05, 3.63) is 62.6 Å². The first-order chi connectivity index (χ1) is 13.3. The van der Waals surface area contributed by atoms with Crippen LogP contribution in [-0.2, 0) is 19.1 Å². The zero-order valence-electron chi connectivity index (χ0n) is 16.0. The van der Waals surface area contributed by atoms with Crippen molar-refractivity contribution in [1.82, 2.24) is 5.32 Å². The molecular formula is C19H23N3O6. The molecule has 1 aliphatic rings. The third kappa shape index (κ3) is 4.30. The minimum Gasteiger partial charge on any atom is -0.463 e. The van der Waals surface area contributed by atoms with Crippen LogP contribution < -0.4 is 11.1 Å². The number of rotatable bonds is 7. The van der Waals surface area contributed by atoms with Crippen LogP contribution in [0.1, 0.15) is 38.7 Å². The number of hydrogen-bond donors (Lipinski definition) is 2. The highest BCUT2D eigenvalue weighted by atomic mass is 16.6. The molecule has 0 aromatic heterocycles. The van der Waals surface area contributed by atoms with Crippen LogP contribution in [-0.4, -0.2) is 30.1 Å². The number of nitrogens with two attached hydrogens (primary N) is 1. The molecule has 1 unspecified atom stereocenters. The molecule has 3 N–H and O–H groups in total. The number of nitro benzene ring substituents is 1. The third-order valence-corrected chi connectivity index (χ3v) is 4.16. The number of ether oxygens (including phenoxy) is 2. The third-order valence-electron chi connectivity index (χ3n) is 4.16. The maximum absolute atomic E-state index is 12.7. The van der Waals surface area contributed by atoms with Crippen LogP contribution in [0, 0.1) is 10.1 Å². The van der Waals surface area contributed by atoms with Crippen molar-refractivity contribution in [2.75, 3.05) is 13.2 Å². The number of carbonyl (C=O) groups excluding carboxylic acids is 2. The molecule has 0 radical (unpaired) electrons. The number of nitrogens with one attached hydrogen (secondary N) is 1. The highest BCUT2D eigenvalue weighted by Crippen LogP contribution is 2.39. The predicted molar refractivity (Wildman–Crippen MR) is 101 cm³/mol. The first kappa shape index (κ1) is 20.9. The molecule has 0 fully saturated rings. The number of dihydropyridines is 1. The lowest BCUT2D eigenvalue weighted by molar-refractivity contribution is -0.384. The summed E-state index contributed by atoms with van der Waals surface area (Å²) < 4.78 is 10.4. The van der Waals surface area contributed by atoms with Crippen LogP contribution >= 0.6 is 0 Å². The van der Waals surface area contributed by atoms with Gasteiger partial charge in [-0.3, -0.25) is 10.1 Å². The Morgan fingerprint density at radius 2 is 1.89 bits per heavy atom. The molecule has 9 nitrogen and oxygen atoms in total. The van der Waals surface area contributed by atoms with Gasteiger partial charge in [0, 0.05) is 17.8 Å². The summed E-state index contributed by atoms with van der Waals surface area (Å²) in [7, 11) is 0. The molecule has 0 spiro atoms. The lowest BCUT2D eigenvalue weighted by atomic mass is 9.81. The van der Waals surface area contributed by atoms with E-state index in [1.54, 1.807) is 19.9 Å². The summed E-state index contributed by atoms with van der Waals surface area (Å²) in [6.07, 6.45) is 0.605. The molecule has 150 valence electrons. The fourth-order valence-electron chi connectivity index (χ4n) is 2.98. The summed E-state index contributed by atoms with van der Waals surface area (Å²) >= 11 is 0. The standard InChI is InChI=1S/C19H23N3O6/c1-4-9-28-19(24)16-15(12-7-6-8-13(10-12)22(25)26)14(18(23)27-5-2)11(3)21-17(16)20/h6-8,10,15,21H,4-5,9,20H2,1-3H3. The van der Waals surface area contributed by atoms with Crippen molar-refractivity contribution < 1.29 is 24.0 Å². The molecule has 9 heteroatoms. The van der Waals surface area contributed by atoms with E-state index in [2.05, 4.69) is 5.32 Å². The van der Waals surface area contributed by atoms with Gasteiger partial charge >= 0.3 is 11.9 Å². The SMILES string of the molecule is CCCOC(=O)C1=C(N)NC(C)=C(C(=O)OCC)C1c1cccc([N+](=O)[O-])c1. The topological polar surface area (TPSA) is 134 Å². The number of carbonyl (C=O) groups is 2. The minimum atomic E-state index is -0.954. The second kappa shape index (κ2) is 9.03. The average Bonchev–Trinajstić information content (AvgIpc) is 2.65. The maximum Gasteiger partial charge on any atom is 0.338 e. The molecule has 0 aliphatic carbocycles. The van der Waals surface area contributed by atoms with E-state index in [1.807, 2.05) is 6.92 Å². The zero-order chi connectivity index (χ0) is 20.8. The van der Waals surface area contributed by atoms with Gasteiger partial charge in [0.05, 0.1) is 35.2 Å². The van der Waals surface area contributed by atoms with Crippen LogP contribution in [0.3, 0.4) is 0 Å². The Morgan fingerprint density at radius 1 is 1.21 bits per heavy atom. The molecule has 2 rings (SSSR count). The van der Waals surface area contributed by atoms with Crippen molar-refractivity contribution in [2.45, 2.75) is 33.1 Å². The van der Waals surface area contributed by atoms with Crippen molar-refractivity contribution in [2.24, 2.45) is 5.73 Å². The Morgan fingerprint density at radius 3 is 2.50 bits per heavy atom. The van der Waals surface area contributed by atoms with Crippen LogP contribution in [0.25, 0.3) is 0 Å². The summed E-state index contributed by atoms with van der Waals surface area (Å²) in [5.74, 6) is -2.26. The summed E-state index contributed by atoms with van der Waals surface area (Å²) in [6.45, 7) is 5.43. The number of esters is 2. The van der Waals surface area contributed by atoms with E-state index in [0.29, 0.717) is 17.7 Å². The number of nitrogens with zero attached hydrogens (tertiary/aromatic N) is 1. The molecule has 0 saturated carbocycles. The Bertz CT molecular complexity index is 859. The molecule has 28 heavy (non-hydrogen) atoms. The van der Waals surface area contributed by atoms with Gasteiger partial charge in [0.1, 0.15) is 5.82 Å². The van der Waals surface area contributed by atoms with Gasteiger partial charge in [-0.15, -0.1) is 0 Å². The zero-order valence-corrected chi connectivity index (χ0v) is 16.0. The van der Waals surface area contributed by atoms with E-state index >= 15 is 0 Å². The van der Waals surface area contributed by atoms with Gasteiger partial charge in [0.15, 0.2) is 0 Å². The summed E-state index contributed by atoms with van der Waals surface area (Å²) in [5.41, 5.74) is 6.82.